The average Bonchev–Trinajstić information content (AvgIpc) is 2.21. The van der Waals surface area contributed by atoms with E-state index in [-0.39, 0.29) is 0 Å². The predicted molar refractivity (Wildman–Crippen MR) is 45.2 cm³/mol. The largest absolute Gasteiger partial charge is 0.423 e. The zero-order chi connectivity index (χ0) is 8.93. The number of rotatable bonds is 2. The van der Waals surface area contributed by atoms with Crippen molar-refractivity contribution in [2.24, 2.45) is 0 Å². The van der Waals surface area contributed by atoms with Crippen LogP contribution in [0.2, 0.25) is 0 Å². The van der Waals surface area contributed by atoms with Crippen molar-refractivity contribution in [3.05, 3.63) is 43.0 Å². The second-order valence-corrected chi connectivity index (χ2v) is 2.26. The molecule has 4 nitrogen and oxygen atoms in total. The summed E-state index contributed by atoms with van der Waals surface area (Å²) in [7, 11) is 0. The van der Waals surface area contributed by atoms with Gasteiger partial charge in [0.25, 0.3) is 0 Å². The van der Waals surface area contributed by atoms with Gasteiger partial charge < -0.3 is 4.74 Å². The predicted octanol–water partition coefficient (Wildman–Crippen LogP) is 1.46. The van der Waals surface area contributed by atoms with Crippen molar-refractivity contribution in [2.45, 2.75) is 0 Å². The molecule has 13 heavy (non-hydrogen) atoms. The molecule has 0 N–H and O–H groups in total. The zero-order valence-corrected chi connectivity index (χ0v) is 6.71. The third kappa shape index (κ3) is 1.99. The maximum atomic E-state index is 5.27. The van der Waals surface area contributed by atoms with Crippen LogP contribution in [0.3, 0.4) is 0 Å². The van der Waals surface area contributed by atoms with Gasteiger partial charge in [0.15, 0.2) is 0 Å². The molecule has 2 rings (SSSR count). The van der Waals surface area contributed by atoms with Crippen LogP contribution >= 0.6 is 0 Å². The summed E-state index contributed by atoms with van der Waals surface area (Å²) in [6.45, 7) is 0. The van der Waals surface area contributed by atoms with Gasteiger partial charge in [-0.15, -0.1) is 0 Å². The van der Waals surface area contributed by atoms with E-state index in [0.717, 1.165) is 0 Å². The number of aromatic nitrogens is 3. The van der Waals surface area contributed by atoms with Gasteiger partial charge >= 0.3 is 6.01 Å². The third-order valence-corrected chi connectivity index (χ3v) is 1.34. The topological polar surface area (TPSA) is 47.9 Å². The lowest BCUT2D eigenvalue weighted by Crippen LogP contribution is -1.89. The fourth-order valence-corrected chi connectivity index (χ4v) is 0.810. The minimum atomic E-state index is 0.315. The van der Waals surface area contributed by atoms with Gasteiger partial charge in [0.1, 0.15) is 5.75 Å². The molecule has 0 bridgehead atoms. The van der Waals surface area contributed by atoms with Crippen LogP contribution in [0.4, 0.5) is 0 Å². The molecular formula is C9H6N3O. The van der Waals surface area contributed by atoms with Crippen molar-refractivity contribution < 1.29 is 4.74 Å². The highest BCUT2D eigenvalue weighted by molar-refractivity contribution is 5.18. The molecule has 2 aromatic heterocycles. The number of pyridine rings is 1. The van der Waals surface area contributed by atoms with Gasteiger partial charge in [0.05, 0.1) is 12.4 Å². The van der Waals surface area contributed by atoms with Crippen LogP contribution in [0, 0.1) is 6.20 Å². The van der Waals surface area contributed by atoms with Crippen LogP contribution in [0.15, 0.2) is 36.8 Å². The van der Waals surface area contributed by atoms with Crippen molar-refractivity contribution >= 4 is 0 Å². The number of hydrogen-bond donors (Lipinski definition) is 0. The highest BCUT2D eigenvalue weighted by Crippen LogP contribution is 2.13. The van der Waals surface area contributed by atoms with Gasteiger partial charge in [0.2, 0.25) is 0 Å². The molecule has 0 aliphatic carbocycles. The molecule has 0 saturated heterocycles. The Labute approximate surface area is 75.3 Å². The Kier molecular flexibility index (Phi) is 2.14. The minimum Gasteiger partial charge on any atom is -0.423 e. The molecular weight excluding hydrogens is 166 g/mol. The summed E-state index contributed by atoms with van der Waals surface area (Å²) >= 11 is 0. The summed E-state index contributed by atoms with van der Waals surface area (Å²) in [5.74, 6) is 0.602. The Morgan fingerprint density at radius 1 is 1.23 bits per heavy atom. The monoisotopic (exact) mass is 172 g/mol. The second kappa shape index (κ2) is 3.62. The van der Waals surface area contributed by atoms with Crippen LogP contribution < -0.4 is 4.74 Å². The van der Waals surface area contributed by atoms with Crippen molar-refractivity contribution in [3.8, 4) is 11.8 Å². The van der Waals surface area contributed by atoms with Crippen LogP contribution in [0.1, 0.15) is 0 Å². The van der Waals surface area contributed by atoms with Crippen LogP contribution in [-0.2, 0) is 0 Å². The molecule has 1 radical (unpaired) electrons. The van der Waals surface area contributed by atoms with E-state index < -0.39 is 0 Å². The molecule has 4 heteroatoms. The SMILES string of the molecule is [c]1ccc(Oc2ncccn2)cn1. The molecule has 0 aliphatic heterocycles. The second-order valence-electron chi connectivity index (χ2n) is 2.26. The summed E-state index contributed by atoms with van der Waals surface area (Å²) in [6, 6.07) is 5.45. The van der Waals surface area contributed by atoms with E-state index in [9.17, 15) is 0 Å². The van der Waals surface area contributed by atoms with E-state index in [1.54, 1.807) is 36.8 Å². The van der Waals surface area contributed by atoms with Gasteiger partial charge in [-0.3, -0.25) is 4.98 Å². The molecule has 0 amide bonds. The van der Waals surface area contributed by atoms with Gasteiger partial charge in [-0.05, 0) is 18.2 Å². The lowest BCUT2D eigenvalue weighted by molar-refractivity contribution is 0.440. The zero-order valence-electron chi connectivity index (χ0n) is 6.71. The Balaban J connectivity index is 2.16. The van der Waals surface area contributed by atoms with E-state index in [2.05, 4.69) is 21.1 Å². The Morgan fingerprint density at radius 2 is 2.08 bits per heavy atom. The third-order valence-electron chi connectivity index (χ3n) is 1.34. The summed E-state index contributed by atoms with van der Waals surface area (Å²) in [4.78, 5) is 11.6. The smallest absolute Gasteiger partial charge is 0.321 e. The fraction of sp³-hybridized carbons (Fsp3) is 0. The average molecular weight is 172 g/mol. The lowest BCUT2D eigenvalue weighted by Gasteiger charge is -2.00. The molecule has 63 valence electrons. The van der Waals surface area contributed by atoms with Crippen molar-refractivity contribution in [1.29, 1.82) is 0 Å². The Hall–Kier alpha value is -1.97. The quantitative estimate of drug-likeness (QED) is 0.688. The van der Waals surface area contributed by atoms with Crippen LogP contribution in [0.25, 0.3) is 0 Å². The summed E-state index contributed by atoms with van der Waals surface area (Å²) < 4.78 is 5.27. The highest BCUT2D eigenvalue weighted by atomic mass is 16.5. The molecule has 0 aliphatic rings. The molecule has 2 heterocycles. The number of hydrogen-bond acceptors (Lipinski definition) is 4. The van der Waals surface area contributed by atoms with E-state index in [1.165, 1.54) is 0 Å². The van der Waals surface area contributed by atoms with Crippen molar-refractivity contribution in [3.63, 3.8) is 0 Å². The Bertz CT molecular complexity index is 326. The first-order chi connectivity index (χ1) is 6.45. The first-order valence-corrected chi connectivity index (χ1v) is 3.72. The van der Waals surface area contributed by atoms with Gasteiger partial charge in [0, 0.05) is 12.4 Å². The minimum absolute atomic E-state index is 0.315. The van der Waals surface area contributed by atoms with Crippen LogP contribution in [-0.4, -0.2) is 15.0 Å². The molecule has 2 aromatic rings. The normalized spacial score (nSPS) is 9.54. The lowest BCUT2D eigenvalue weighted by atomic mass is 10.5. The summed E-state index contributed by atoms with van der Waals surface area (Å²) in [5, 5.41) is 0. The summed E-state index contributed by atoms with van der Waals surface area (Å²) in [5.41, 5.74) is 0. The van der Waals surface area contributed by atoms with Crippen molar-refractivity contribution in [2.75, 3.05) is 0 Å². The van der Waals surface area contributed by atoms with Crippen molar-refractivity contribution in [1.82, 2.24) is 15.0 Å². The standard InChI is InChI=1S/C9H6N3O/c1-3-8(7-10-4-1)13-9-11-5-2-6-12-9/h1-3,5-7H. The molecule has 0 aromatic carbocycles. The van der Waals surface area contributed by atoms with E-state index in [4.69, 9.17) is 4.74 Å². The highest BCUT2D eigenvalue weighted by Gasteiger charge is 1.96. The molecule has 0 unspecified atom stereocenters. The molecule has 0 saturated carbocycles. The Morgan fingerprint density at radius 3 is 2.77 bits per heavy atom. The first-order valence-electron chi connectivity index (χ1n) is 3.72. The molecule has 0 spiro atoms. The first kappa shape index (κ1) is 7.67. The maximum absolute atomic E-state index is 5.27. The number of nitrogens with zero attached hydrogens (tertiary/aromatic N) is 3. The summed E-state index contributed by atoms with van der Waals surface area (Å²) in [6.07, 6.45) is 7.43. The van der Waals surface area contributed by atoms with Gasteiger partial charge in [-0.2, -0.15) is 0 Å². The fourth-order valence-electron chi connectivity index (χ4n) is 0.810. The van der Waals surface area contributed by atoms with Gasteiger partial charge in [-0.25, -0.2) is 9.97 Å². The van der Waals surface area contributed by atoms with Gasteiger partial charge in [-0.1, -0.05) is 0 Å². The number of ether oxygens (including phenoxy) is 1. The molecule has 0 fully saturated rings. The maximum Gasteiger partial charge on any atom is 0.321 e. The van der Waals surface area contributed by atoms with E-state index in [0.29, 0.717) is 11.8 Å². The van der Waals surface area contributed by atoms with E-state index in [1.807, 2.05) is 0 Å². The van der Waals surface area contributed by atoms with Crippen LogP contribution in [0.5, 0.6) is 11.8 Å². The molecule has 0 atom stereocenters. The van der Waals surface area contributed by atoms with E-state index >= 15 is 0 Å².